The molecule has 0 spiro atoms. The van der Waals surface area contributed by atoms with Crippen LogP contribution in [-0.4, -0.2) is 11.1 Å². The fourth-order valence-electron chi connectivity index (χ4n) is 0.641. The summed E-state index contributed by atoms with van der Waals surface area (Å²) in [6.45, 7) is 0. The van der Waals surface area contributed by atoms with Gasteiger partial charge in [0, 0.05) is 0 Å². The topological polar surface area (TPSA) is 83.4 Å². The molecule has 0 aromatic heterocycles. The Labute approximate surface area is 160 Å². The average molecular weight is 230 g/mol. The molecule has 6 heteroatoms. The van der Waals surface area contributed by atoms with Gasteiger partial charge in [-0.3, -0.25) is 0 Å². The van der Waals surface area contributed by atoms with Crippen LogP contribution >= 0.6 is 0 Å². The SMILES string of the molecule is O=C(O)c1ccc([O-])c([O-])c1.[K+].[K+]. The molecule has 58 valence electrons. The number of benzene rings is 1. The number of hydrogen-bond donors (Lipinski definition) is 1. The Hall–Kier alpha value is 1.56. The molecule has 0 heterocycles. The molecule has 0 fully saturated rings. The molecule has 1 N–H and O–H groups in total. The van der Waals surface area contributed by atoms with Crippen molar-refractivity contribution in [1.82, 2.24) is 0 Å². The number of carboxylic acid groups (broad SMARTS) is 1. The summed E-state index contributed by atoms with van der Waals surface area (Å²) in [6.07, 6.45) is 0. The van der Waals surface area contributed by atoms with E-state index < -0.39 is 17.5 Å². The van der Waals surface area contributed by atoms with E-state index in [1.807, 2.05) is 0 Å². The van der Waals surface area contributed by atoms with Gasteiger partial charge in [-0.25, -0.2) is 4.79 Å². The van der Waals surface area contributed by atoms with Crippen molar-refractivity contribution in [2.45, 2.75) is 0 Å². The second kappa shape index (κ2) is 7.80. The van der Waals surface area contributed by atoms with Crippen LogP contribution < -0.4 is 113 Å². The largest absolute Gasteiger partial charge is 1.00 e. The van der Waals surface area contributed by atoms with Crippen LogP contribution in [0.25, 0.3) is 0 Å². The number of carboxylic acids is 1. The van der Waals surface area contributed by atoms with E-state index in [0.29, 0.717) is 0 Å². The smallest absolute Gasteiger partial charge is 0.873 e. The zero-order valence-corrected chi connectivity index (χ0v) is 13.7. The predicted octanol–water partition coefficient (Wildman–Crippen LogP) is -6.46. The van der Waals surface area contributed by atoms with Crippen molar-refractivity contribution in [2.24, 2.45) is 0 Å². The maximum absolute atomic E-state index is 10.6. The minimum absolute atomic E-state index is 0. The molecule has 0 aliphatic rings. The van der Waals surface area contributed by atoms with Gasteiger partial charge in [0.15, 0.2) is 0 Å². The summed E-state index contributed by atoms with van der Waals surface area (Å²) in [5.41, 5.74) is -0.158. The molecule has 4 nitrogen and oxygen atoms in total. The summed E-state index contributed by atoms with van der Waals surface area (Å²) in [4.78, 5) is 10.2. The van der Waals surface area contributed by atoms with Crippen molar-refractivity contribution in [3.63, 3.8) is 0 Å². The number of carbonyl (C=O) groups is 1. The maximum Gasteiger partial charge on any atom is 1.00 e. The van der Waals surface area contributed by atoms with Gasteiger partial charge in [0.25, 0.3) is 0 Å². The molecule has 0 unspecified atom stereocenters. The molecule has 1 aromatic carbocycles. The summed E-state index contributed by atoms with van der Waals surface area (Å²) in [6, 6.07) is 2.86. The first-order valence-corrected chi connectivity index (χ1v) is 2.82. The Balaban J connectivity index is 0. The van der Waals surface area contributed by atoms with Crippen LogP contribution in [0.2, 0.25) is 0 Å². The Morgan fingerprint density at radius 2 is 1.69 bits per heavy atom. The molecule has 13 heavy (non-hydrogen) atoms. The molecule has 1 rings (SSSR count). The van der Waals surface area contributed by atoms with Crippen molar-refractivity contribution in [1.29, 1.82) is 0 Å². The molecule has 0 aliphatic heterocycles. The van der Waals surface area contributed by atoms with Gasteiger partial charge in [0.1, 0.15) is 0 Å². The first-order chi connectivity index (χ1) is 5.11. The predicted molar refractivity (Wildman–Crippen MR) is 32.3 cm³/mol. The monoisotopic (exact) mass is 230 g/mol. The van der Waals surface area contributed by atoms with Gasteiger partial charge in [-0.05, 0) is 6.07 Å². The van der Waals surface area contributed by atoms with Gasteiger partial charge in [-0.2, -0.15) is 0 Å². The standard InChI is InChI=1S/C7H6O4.2K/c8-5-2-1-4(7(10)11)3-6(5)9;;/h1-3,8-9H,(H,10,11);;/q;2*+1/p-2. The molecule has 0 radical (unpaired) electrons. The molecular weight excluding hydrogens is 226 g/mol. The molecule has 0 saturated heterocycles. The van der Waals surface area contributed by atoms with Crippen LogP contribution in [0.15, 0.2) is 18.2 Å². The Bertz CT molecular complexity index is 301. The van der Waals surface area contributed by atoms with E-state index >= 15 is 0 Å². The second-order valence-electron chi connectivity index (χ2n) is 1.97. The number of hydrogen-bond acceptors (Lipinski definition) is 3. The Morgan fingerprint density at radius 1 is 1.15 bits per heavy atom. The van der Waals surface area contributed by atoms with Crippen molar-refractivity contribution in [3.05, 3.63) is 23.8 Å². The van der Waals surface area contributed by atoms with Crippen LogP contribution in [-0.2, 0) is 0 Å². The van der Waals surface area contributed by atoms with E-state index in [4.69, 9.17) is 5.11 Å². The van der Waals surface area contributed by atoms with Gasteiger partial charge >= 0.3 is 109 Å². The van der Waals surface area contributed by atoms with Gasteiger partial charge in [-0.1, -0.05) is 12.1 Å². The van der Waals surface area contributed by atoms with Crippen molar-refractivity contribution in [3.8, 4) is 11.5 Å². The van der Waals surface area contributed by atoms with Crippen LogP contribution in [0.4, 0.5) is 0 Å². The minimum Gasteiger partial charge on any atom is -0.873 e. The molecule has 1 aromatic rings. The summed E-state index contributed by atoms with van der Waals surface area (Å²) in [7, 11) is 0. The first kappa shape index (κ1) is 17.0. The van der Waals surface area contributed by atoms with Gasteiger partial charge in [-0.15, -0.1) is 11.5 Å². The maximum atomic E-state index is 10.6. The third-order valence-electron chi connectivity index (χ3n) is 1.19. The second-order valence-corrected chi connectivity index (χ2v) is 1.97. The van der Waals surface area contributed by atoms with E-state index in [1.165, 1.54) is 0 Å². The normalized spacial score (nSPS) is 8.00. The van der Waals surface area contributed by atoms with Gasteiger partial charge in [0.05, 0.1) is 5.56 Å². The average Bonchev–Trinajstić information content (AvgIpc) is 1.94. The molecule has 0 bridgehead atoms. The van der Waals surface area contributed by atoms with E-state index in [2.05, 4.69) is 0 Å². The minimum atomic E-state index is -1.21. The van der Waals surface area contributed by atoms with E-state index in [0.717, 1.165) is 18.2 Å². The number of rotatable bonds is 1. The summed E-state index contributed by atoms with van der Waals surface area (Å²) in [5.74, 6) is -2.68. The Morgan fingerprint density at radius 3 is 2.08 bits per heavy atom. The zero-order chi connectivity index (χ0) is 8.43. The third-order valence-corrected chi connectivity index (χ3v) is 1.19. The Kier molecular flexibility index (Phi) is 10.2. The van der Waals surface area contributed by atoms with E-state index in [1.54, 1.807) is 0 Å². The molecule has 0 atom stereocenters. The van der Waals surface area contributed by atoms with Gasteiger partial charge < -0.3 is 15.3 Å². The van der Waals surface area contributed by atoms with Crippen LogP contribution in [0.5, 0.6) is 11.5 Å². The zero-order valence-electron chi connectivity index (χ0n) is 7.40. The third kappa shape index (κ3) is 5.26. The van der Waals surface area contributed by atoms with E-state index in [9.17, 15) is 15.0 Å². The molecule has 0 aliphatic carbocycles. The fourth-order valence-corrected chi connectivity index (χ4v) is 0.641. The summed E-state index contributed by atoms with van der Waals surface area (Å²) < 4.78 is 0. The summed E-state index contributed by atoms with van der Waals surface area (Å²) >= 11 is 0. The fraction of sp³-hybridized carbons (Fsp3) is 0. The summed E-state index contributed by atoms with van der Waals surface area (Å²) in [5, 5.41) is 29.4. The molecule has 0 amide bonds. The molecular formula is C7H4K2O4. The number of aromatic carboxylic acids is 1. The van der Waals surface area contributed by atoms with Crippen molar-refractivity contribution in [2.75, 3.05) is 0 Å². The van der Waals surface area contributed by atoms with Crippen LogP contribution in [0.3, 0.4) is 0 Å². The van der Waals surface area contributed by atoms with Gasteiger partial charge in [0.2, 0.25) is 0 Å². The van der Waals surface area contributed by atoms with Crippen molar-refractivity contribution < 1.29 is 123 Å². The quantitative estimate of drug-likeness (QED) is 0.486. The van der Waals surface area contributed by atoms with Crippen LogP contribution in [0, 0.1) is 0 Å². The first-order valence-electron chi connectivity index (χ1n) is 2.82. The van der Waals surface area contributed by atoms with Crippen LogP contribution in [0.1, 0.15) is 10.4 Å². The molecule has 0 saturated carbocycles. The van der Waals surface area contributed by atoms with Crippen molar-refractivity contribution >= 4 is 5.97 Å². The van der Waals surface area contributed by atoms with E-state index in [-0.39, 0.29) is 108 Å².